The Morgan fingerprint density at radius 3 is 2.67 bits per heavy atom. The topological polar surface area (TPSA) is 35.6 Å². The maximum atomic E-state index is 12.4. The highest BCUT2D eigenvalue weighted by Gasteiger charge is 2.24. The molecule has 1 aliphatic rings. The summed E-state index contributed by atoms with van der Waals surface area (Å²) < 4.78 is 0. The molecule has 0 aromatic heterocycles. The van der Waals surface area contributed by atoms with Gasteiger partial charge in [0.05, 0.1) is 6.54 Å². The Bertz CT molecular complexity index is 427. The first-order valence-electron chi connectivity index (χ1n) is 7.44. The molecule has 0 spiro atoms. The zero-order valence-electron chi connectivity index (χ0n) is 12.9. The Balaban J connectivity index is 0.00000220. The molecule has 1 heterocycles. The smallest absolute Gasteiger partial charge is 0.237 e. The fourth-order valence-corrected chi connectivity index (χ4v) is 2.68. The number of nitrogens with zero attached hydrogens (tertiary/aromatic N) is 2. The molecule has 1 aromatic carbocycles. The molecule has 2 rings (SSSR count). The van der Waals surface area contributed by atoms with Crippen LogP contribution in [0, 0.1) is 0 Å². The average molecular weight is 312 g/mol. The van der Waals surface area contributed by atoms with E-state index in [4.69, 9.17) is 0 Å². The summed E-state index contributed by atoms with van der Waals surface area (Å²) in [7, 11) is 1.99. The molecule has 4 nitrogen and oxygen atoms in total. The third-order valence-corrected chi connectivity index (χ3v) is 3.99. The quantitative estimate of drug-likeness (QED) is 0.869. The van der Waals surface area contributed by atoms with Crippen molar-refractivity contribution in [1.82, 2.24) is 15.1 Å². The minimum absolute atomic E-state index is 0. The summed E-state index contributed by atoms with van der Waals surface area (Å²) >= 11 is 0. The summed E-state index contributed by atoms with van der Waals surface area (Å²) in [5, 5.41) is 3.28. The van der Waals surface area contributed by atoms with Crippen molar-refractivity contribution in [1.29, 1.82) is 0 Å². The number of carbonyl (C=O) groups excluding carboxylic acids is 1. The molecule has 1 fully saturated rings. The van der Waals surface area contributed by atoms with E-state index in [0.717, 1.165) is 26.1 Å². The third-order valence-electron chi connectivity index (χ3n) is 3.99. The standard InChI is InChI=1S/C16H25N3O.ClH/c1-3-19(11-14-7-5-4-6-8-14)16(20)13-18-10-9-15(12-18)17-2;/h4-8,15,17H,3,9-13H2,1-2H3;1H. The van der Waals surface area contributed by atoms with Gasteiger partial charge in [0.25, 0.3) is 0 Å². The van der Waals surface area contributed by atoms with Gasteiger partial charge in [0, 0.05) is 32.2 Å². The van der Waals surface area contributed by atoms with Gasteiger partial charge in [-0.15, -0.1) is 12.4 Å². The number of rotatable bonds is 6. The van der Waals surface area contributed by atoms with Crippen molar-refractivity contribution in [2.45, 2.75) is 25.9 Å². The molecule has 0 aliphatic carbocycles. The van der Waals surface area contributed by atoms with Crippen molar-refractivity contribution in [2.75, 3.05) is 33.2 Å². The molecule has 5 heteroatoms. The summed E-state index contributed by atoms with van der Waals surface area (Å²) in [6.07, 6.45) is 1.13. The molecule has 118 valence electrons. The number of nitrogens with one attached hydrogen (secondary N) is 1. The Hall–Kier alpha value is -1.10. The van der Waals surface area contributed by atoms with E-state index >= 15 is 0 Å². The highest BCUT2D eigenvalue weighted by atomic mass is 35.5. The summed E-state index contributed by atoms with van der Waals surface area (Å²) in [6, 6.07) is 10.7. The molecule has 0 bridgehead atoms. The zero-order chi connectivity index (χ0) is 14.4. The van der Waals surface area contributed by atoms with Crippen LogP contribution in [0.5, 0.6) is 0 Å². The average Bonchev–Trinajstić information content (AvgIpc) is 2.93. The zero-order valence-corrected chi connectivity index (χ0v) is 13.7. The second-order valence-electron chi connectivity index (χ2n) is 5.40. The maximum Gasteiger partial charge on any atom is 0.237 e. The molecule has 1 atom stereocenters. The molecular formula is C16H26ClN3O. The van der Waals surface area contributed by atoms with Gasteiger partial charge >= 0.3 is 0 Å². The van der Waals surface area contributed by atoms with E-state index in [-0.39, 0.29) is 18.3 Å². The highest BCUT2D eigenvalue weighted by Crippen LogP contribution is 2.10. The lowest BCUT2D eigenvalue weighted by Gasteiger charge is -2.24. The third kappa shape index (κ3) is 5.30. The Labute approximate surface area is 133 Å². The SMILES string of the molecule is CCN(Cc1ccccc1)C(=O)CN1CCC(NC)C1.Cl. The second kappa shape index (κ2) is 9.03. The van der Waals surface area contributed by atoms with Crippen molar-refractivity contribution in [2.24, 2.45) is 0 Å². The van der Waals surface area contributed by atoms with Crippen LogP contribution in [0.2, 0.25) is 0 Å². The lowest BCUT2D eigenvalue weighted by Crippen LogP contribution is -2.40. The van der Waals surface area contributed by atoms with Crippen molar-refractivity contribution in [3.8, 4) is 0 Å². The summed E-state index contributed by atoms with van der Waals surface area (Å²) in [4.78, 5) is 16.6. The van der Waals surface area contributed by atoms with Crippen LogP contribution in [0.1, 0.15) is 18.9 Å². The Kier molecular flexibility index (Phi) is 7.72. The summed E-state index contributed by atoms with van der Waals surface area (Å²) in [5.74, 6) is 0.230. The van der Waals surface area contributed by atoms with E-state index < -0.39 is 0 Å². The summed E-state index contributed by atoms with van der Waals surface area (Å²) in [5.41, 5.74) is 1.19. The molecule has 0 saturated carbocycles. The molecule has 1 unspecified atom stereocenters. The van der Waals surface area contributed by atoms with Crippen molar-refractivity contribution >= 4 is 18.3 Å². The van der Waals surface area contributed by atoms with Crippen molar-refractivity contribution in [3.63, 3.8) is 0 Å². The molecular weight excluding hydrogens is 286 g/mol. The minimum atomic E-state index is 0. The predicted octanol–water partition coefficient (Wildman–Crippen LogP) is 1.75. The van der Waals surface area contributed by atoms with Gasteiger partial charge in [0.15, 0.2) is 0 Å². The van der Waals surface area contributed by atoms with Crippen LogP contribution in [-0.2, 0) is 11.3 Å². The lowest BCUT2D eigenvalue weighted by atomic mass is 10.2. The molecule has 1 aromatic rings. The van der Waals surface area contributed by atoms with Crippen LogP contribution in [0.25, 0.3) is 0 Å². The van der Waals surface area contributed by atoms with Crippen LogP contribution in [0.3, 0.4) is 0 Å². The summed E-state index contributed by atoms with van der Waals surface area (Å²) in [6.45, 7) is 6.04. The molecule has 1 saturated heterocycles. The van der Waals surface area contributed by atoms with Gasteiger partial charge in [-0.25, -0.2) is 0 Å². The van der Waals surface area contributed by atoms with Crippen LogP contribution < -0.4 is 5.32 Å². The number of likely N-dealkylation sites (tertiary alicyclic amines) is 1. The number of likely N-dealkylation sites (N-methyl/N-ethyl adjacent to an activating group) is 2. The minimum Gasteiger partial charge on any atom is -0.338 e. The number of hydrogen-bond donors (Lipinski definition) is 1. The maximum absolute atomic E-state index is 12.4. The van der Waals surface area contributed by atoms with E-state index in [1.807, 2.05) is 37.1 Å². The number of halogens is 1. The van der Waals surface area contributed by atoms with Crippen LogP contribution in [-0.4, -0.2) is 55.0 Å². The van der Waals surface area contributed by atoms with Gasteiger partial charge in [-0.3, -0.25) is 9.69 Å². The largest absolute Gasteiger partial charge is 0.338 e. The molecule has 0 radical (unpaired) electrons. The van der Waals surface area contributed by atoms with Crippen LogP contribution >= 0.6 is 12.4 Å². The van der Waals surface area contributed by atoms with Gasteiger partial charge in [-0.05, 0) is 26.0 Å². The fourth-order valence-electron chi connectivity index (χ4n) is 2.68. The van der Waals surface area contributed by atoms with E-state index in [1.165, 1.54) is 5.56 Å². The fraction of sp³-hybridized carbons (Fsp3) is 0.562. The molecule has 1 amide bonds. The monoisotopic (exact) mass is 311 g/mol. The lowest BCUT2D eigenvalue weighted by molar-refractivity contribution is -0.132. The highest BCUT2D eigenvalue weighted by molar-refractivity contribution is 5.85. The Morgan fingerprint density at radius 2 is 2.10 bits per heavy atom. The van der Waals surface area contributed by atoms with Gasteiger partial charge in [-0.1, -0.05) is 30.3 Å². The van der Waals surface area contributed by atoms with Gasteiger partial charge in [-0.2, -0.15) is 0 Å². The molecule has 21 heavy (non-hydrogen) atoms. The number of carbonyl (C=O) groups is 1. The molecule has 1 N–H and O–H groups in total. The van der Waals surface area contributed by atoms with Crippen LogP contribution in [0.15, 0.2) is 30.3 Å². The predicted molar refractivity (Wildman–Crippen MR) is 88.7 cm³/mol. The number of amides is 1. The van der Waals surface area contributed by atoms with Crippen molar-refractivity contribution < 1.29 is 4.79 Å². The number of hydrogen-bond acceptors (Lipinski definition) is 3. The Morgan fingerprint density at radius 1 is 1.38 bits per heavy atom. The van der Waals surface area contributed by atoms with Crippen molar-refractivity contribution in [3.05, 3.63) is 35.9 Å². The molecule has 1 aliphatic heterocycles. The number of benzene rings is 1. The first-order chi connectivity index (χ1) is 9.72. The van der Waals surface area contributed by atoms with Gasteiger partial charge in [0.1, 0.15) is 0 Å². The normalized spacial score (nSPS) is 18.3. The second-order valence-corrected chi connectivity index (χ2v) is 5.40. The first-order valence-corrected chi connectivity index (χ1v) is 7.44. The van der Waals surface area contributed by atoms with E-state index in [9.17, 15) is 4.79 Å². The van der Waals surface area contributed by atoms with E-state index in [1.54, 1.807) is 0 Å². The van der Waals surface area contributed by atoms with E-state index in [0.29, 0.717) is 19.1 Å². The van der Waals surface area contributed by atoms with Crippen LogP contribution in [0.4, 0.5) is 0 Å². The van der Waals surface area contributed by atoms with E-state index in [2.05, 4.69) is 22.3 Å². The van der Waals surface area contributed by atoms with Gasteiger partial charge < -0.3 is 10.2 Å². The first kappa shape index (κ1) is 18.0. The van der Waals surface area contributed by atoms with Gasteiger partial charge in [0.2, 0.25) is 5.91 Å².